The molecule has 0 aliphatic carbocycles. The molecule has 1 aromatic heterocycles. The Morgan fingerprint density at radius 3 is 2.70 bits per heavy atom. The third kappa shape index (κ3) is 5.33. The van der Waals surface area contributed by atoms with Gasteiger partial charge < -0.3 is 9.84 Å². The van der Waals surface area contributed by atoms with Crippen molar-refractivity contribution in [1.29, 1.82) is 0 Å². The Labute approximate surface area is 169 Å². The van der Waals surface area contributed by atoms with Crippen molar-refractivity contribution in [3.63, 3.8) is 0 Å². The molecular weight excluding hydrogens is 430 g/mol. The molecule has 1 heterocycles. The minimum atomic E-state index is -0.888. The second kappa shape index (κ2) is 9.05. The van der Waals surface area contributed by atoms with Crippen molar-refractivity contribution in [2.24, 2.45) is 0 Å². The SMILES string of the molecule is C[C@@H](Sc1nnc(COc2cccc(Br)c2)n1Cc1ccccc1)C(=O)O. The number of hydrogen-bond donors (Lipinski definition) is 1. The number of carboxylic acid groups (broad SMARTS) is 1. The average Bonchev–Trinajstić information content (AvgIpc) is 3.02. The molecule has 6 nitrogen and oxygen atoms in total. The zero-order valence-electron chi connectivity index (χ0n) is 14.6. The van der Waals surface area contributed by atoms with Gasteiger partial charge in [0.1, 0.15) is 17.6 Å². The Morgan fingerprint density at radius 1 is 1.22 bits per heavy atom. The fourth-order valence-electron chi connectivity index (χ4n) is 2.35. The molecule has 0 saturated heterocycles. The minimum Gasteiger partial charge on any atom is -0.486 e. The van der Waals surface area contributed by atoms with Gasteiger partial charge in [0.2, 0.25) is 0 Å². The maximum Gasteiger partial charge on any atom is 0.316 e. The van der Waals surface area contributed by atoms with E-state index in [2.05, 4.69) is 26.1 Å². The van der Waals surface area contributed by atoms with Gasteiger partial charge in [-0.1, -0.05) is 64.1 Å². The summed E-state index contributed by atoms with van der Waals surface area (Å²) in [6.45, 7) is 2.41. The number of nitrogens with zero attached hydrogens (tertiary/aromatic N) is 3. The fourth-order valence-corrected chi connectivity index (χ4v) is 3.53. The van der Waals surface area contributed by atoms with Crippen LogP contribution in [0, 0.1) is 0 Å². The lowest BCUT2D eigenvalue weighted by atomic mass is 10.2. The number of rotatable bonds is 8. The van der Waals surface area contributed by atoms with Gasteiger partial charge in [0, 0.05) is 4.47 Å². The van der Waals surface area contributed by atoms with Crippen molar-refractivity contribution >= 4 is 33.7 Å². The van der Waals surface area contributed by atoms with E-state index in [4.69, 9.17) is 4.74 Å². The Hall–Kier alpha value is -2.32. The van der Waals surface area contributed by atoms with Crippen molar-refractivity contribution in [2.75, 3.05) is 0 Å². The van der Waals surface area contributed by atoms with Crippen molar-refractivity contribution < 1.29 is 14.6 Å². The number of benzene rings is 2. The van der Waals surface area contributed by atoms with Gasteiger partial charge in [-0.15, -0.1) is 10.2 Å². The summed E-state index contributed by atoms with van der Waals surface area (Å²) >= 11 is 4.59. The molecule has 3 aromatic rings. The van der Waals surface area contributed by atoms with E-state index in [1.165, 1.54) is 11.8 Å². The highest BCUT2D eigenvalue weighted by Crippen LogP contribution is 2.24. The first-order chi connectivity index (χ1) is 13.0. The van der Waals surface area contributed by atoms with Gasteiger partial charge in [-0.25, -0.2) is 0 Å². The molecule has 0 amide bonds. The zero-order valence-corrected chi connectivity index (χ0v) is 17.0. The summed E-state index contributed by atoms with van der Waals surface area (Å²) < 4.78 is 8.67. The highest BCUT2D eigenvalue weighted by molar-refractivity contribution is 9.10. The Bertz CT molecular complexity index is 918. The fraction of sp³-hybridized carbons (Fsp3) is 0.211. The van der Waals surface area contributed by atoms with E-state index < -0.39 is 11.2 Å². The van der Waals surface area contributed by atoms with Crippen molar-refractivity contribution in [2.45, 2.75) is 30.5 Å². The molecule has 27 heavy (non-hydrogen) atoms. The number of aliphatic carboxylic acids is 1. The van der Waals surface area contributed by atoms with Crippen LogP contribution in [0.2, 0.25) is 0 Å². The summed E-state index contributed by atoms with van der Waals surface area (Å²) in [4.78, 5) is 11.2. The van der Waals surface area contributed by atoms with E-state index in [0.29, 0.717) is 23.3 Å². The largest absolute Gasteiger partial charge is 0.486 e. The van der Waals surface area contributed by atoms with E-state index in [1.807, 2.05) is 59.2 Å². The van der Waals surface area contributed by atoms with Crippen LogP contribution in [-0.2, 0) is 17.9 Å². The third-order valence-electron chi connectivity index (χ3n) is 3.77. The molecule has 3 rings (SSSR count). The lowest BCUT2D eigenvalue weighted by Gasteiger charge is -2.12. The van der Waals surface area contributed by atoms with Gasteiger partial charge in [-0.2, -0.15) is 0 Å². The first kappa shape index (κ1) is 19.4. The Balaban J connectivity index is 1.83. The molecule has 0 bridgehead atoms. The number of carbonyl (C=O) groups is 1. The number of carboxylic acids is 1. The van der Waals surface area contributed by atoms with Gasteiger partial charge in [-0.05, 0) is 30.7 Å². The summed E-state index contributed by atoms with van der Waals surface area (Å²) in [7, 11) is 0. The predicted octanol–water partition coefficient (Wildman–Crippen LogP) is 4.23. The molecule has 1 N–H and O–H groups in total. The second-order valence-corrected chi connectivity index (χ2v) is 8.04. The molecule has 140 valence electrons. The maximum absolute atomic E-state index is 11.2. The summed E-state index contributed by atoms with van der Waals surface area (Å²) in [5.74, 6) is 0.465. The first-order valence-corrected chi connectivity index (χ1v) is 9.94. The lowest BCUT2D eigenvalue weighted by molar-refractivity contribution is -0.136. The zero-order chi connectivity index (χ0) is 19.2. The summed E-state index contributed by atoms with van der Waals surface area (Å²) in [6, 6.07) is 17.5. The van der Waals surface area contributed by atoms with E-state index in [9.17, 15) is 9.90 Å². The molecule has 0 aliphatic rings. The van der Waals surface area contributed by atoms with Crippen molar-refractivity contribution in [3.05, 3.63) is 70.5 Å². The van der Waals surface area contributed by atoms with Crippen molar-refractivity contribution in [1.82, 2.24) is 14.8 Å². The van der Waals surface area contributed by atoms with Crippen LogP contribution in [-0.4, -0.2) is 31.1 Å². The molecule has 0 unspecified atom stereocenters. The first-order valence-electron chi connectivity index (χ1n) is 8.27. The van der Waals surface area contributed by atoms with E-state index in [-0.39, 0.29) is 6.61 Å². The van der Waals surface area contributed by atoms with E-state index >= 15 is 0 Å². The van der Waals surface area contributed by atoms with E-state index in [0.717, 1.165) is 10.0 Å². The Morgan fingerprint density at radius 2 is 2.00 bits per heavy atom. The quantitative estimate of drug-likeness (QED) is 0.520. The van der Waals surface area contributed by atoms with Crippen molar-refractivity contribution in [3.8, 4) is 5.75 Å². The van der Waals surface area contributed by atoms with Crippen LogP contribution in [0.3, 0.4) is 0 Å². The van der Waals surface area contributed by atoms with Gasteiger partial charge in [0.15, 0.2) is 11.0 Å². The third-order valence-corrected chi connectivity index (χ3v) is 5.33. The van der Waals surface area contributed by atoms with Crippen LogP contribution >= 0.6 is 27.7 Å². The van der Waals surface area contributed by atoms with Gasteiger partial charge in [0.05, 0.1) is 6.54 Å². The minimum absolute atomic E-state index is 0.234. The van der Waals surface area contributed by atoms with Gasteiger partial charge in [-0.3, -0.25) is 9.36 Å². The molecule has 2 aromatic carbocycles. The average molecular weight is 448 g/mol. The van der Waals surface area contributed by atoms with Crippen LogP contribution in [0.4, 0.5) is 0 Å². The Kier molecular flexibility index (Phi) is 6.52. The van der Waals surface area contributed by atoms with Gasteiger partial charge in [0.25, 0.3) is 0 Å². The topological polar surface area (TPSA) is 77.2 Å². The summed E-state index contributed by atoms with van der Waals surface area (Å²) in [5.41, 5.74) is 1.07. The monoisotopic (exact) mass is 447 g/mol. The molecular formula is C19H18BrN3O3S. The van der Waals surface area contributed by atoms with Crippen LogP contribution in [0.1, 0.15) is 18.3 Å². The van der Waals surface area contributed by atoms with Crippen LogP contribution < -0.4 is 4.74 Å². The molecule has 1 atom stereocenters. The number of thioether (sulfide) groups is 1. The standard InChI is InChI=1S/C19H18BrN3O3S/c1-13(18(24)25)27-19-22-21-17(12-26-16-9-5-8-15(20)10-16)23(19)11-14-6-3-2-4-7-14/h2-10,13H,11-12H2,1H3,(H,24,25)/t13-/m1/s1. The number of aromatic nitrogens is 3. The second-order valence-electron chi connectivity index (χ2n) is 5.81. The maximum atomic E-state index is 11.2. The van der Waals surface area contributed by atoms with Crippen LogP contribution in [0.15, 0.2) is 64.2 Å². The number of ether oxygens (including phenoxy) is 1. The van der Waals surface area contributed by atoms with Crippen LogP contribution in [0.5, 0.6) is 5.75 Å². The normalized spacial score (nSPS) is 11.9. The highest BCUT2D eigenvalue weighted by atomic mass is 79.9. The summed E-state index contributed by atoms with van der Waals surface area (Å²) in [6.07, 6.45) is 0. The van der Waals surface area contributed by atoms with Gasteiger partial charge >= 0.3 is 5.97 Å². The molecule has 0 radical (unpaired) electrons. The molecule has 8 heteroatoms. The summed E-state index contributed by atoms with van der Waals surface area (Å²) in [5, 5.41) is 17.5. The lowest BCUT2D eigenvalue weighted by Crippen LogP contribution is -2.14. The number of halogens is 1. The molecule has 0 aliphatic heterocycles. The molecule has 0 saturated carbocycles. The predicted molar refractivity (Wildman–Crippen MR) is 107 cm³/mol. The van der Waals surface area contributed by atoms with E-state index in [1.54, 1.807) is 6.92 Å². The molecule has 0 fully saturated rings. The smallest absolute Gasteiger partial charge is 0.316 e. The molecule has 0 spiro atoms. The number of hydrogen-bond acceptors (Lipinski definition) is 5. The van der Waals surface area contributed by atoms with Crippen LogP contribution in [0.25, 0.3) is 0 Å². The highest BCUT2D eigenvalue weighted by Gasteiger charge is 2.20.